The van der Waals surface area contributed by atoms with Gasteiger partial charge in [0.1, 0.15) is 17.0 Å². The number of carboxylic acids is 1. The van der Waals surface area contributed by atoms with E-state index in [-0.39, 0.29) is 13.0 Å². The number of hydrogen-bond donors (Lipinski definition) is 1. The highest BCUT2D eigenvalue weighted by Crippen LogP contribution is 2.33. The summed E-state index contributed by atoms with van der Waals surface area (Å²) in [5.74, 6) is -1.34. The van der Waals surface area contributed by atoms with Crippen LogP contribution in [-0.4, -0.2) is 36.4 Å². The van der Waals surface area contributed by atoms with Crippen LogP contribution in [0, 0.1) is 11.3 Å². The second kappa shape index (κ2) is 5.82. The van der Waals surface area contributed by atoms with E-state index >= 15 is 0 Å². The van der Waals surface area contributed by atoms with Gasteiger partial charge < -0.3 is 5.11 Å². The first-order chi connectivity index (χ1) is 10.6. The minimum absolute atomic E-state index is 0.0643. The minimum atomic E-state index is -4.72. The highest BCUT2D eigenvalue weighted by atomic mass is 32.2. The molecule has 1 aliphatic heterocycles. The lowest BCUT2D eigenvalue weighted by molar-refractivity contribution is -0.140. The predicted octanol–water partition coefficient (Wildman–Crippen LogP) is 1.81. The highest BCUT2D eigenvalue weighted by molar-refractivity contribution is 7.89. The predicted molar refractivity (Wildman–Crippen MR) is 70.7 cm³/mol. The Bertz CT molecular complexity index is 783. The first-order valence-electron chi connectivity index (χ1n) is 6.45. The highest BCUT2D eigenvalue weighted by Gasteiger charge is 2.41. The number of hydrogen-bond acceptors (Lipinski definition) is 4. The van der Waals surface area contributed by atoms with Gasteiger partial charge in [0.15, 0.2) is 0 Å². The SMILES string of the molecule is N#Cc1cc(C(F)(F)F)ccc1S(=O)(=O)N1CCC[C@H]1C(=O)O. The summed E-state index contributed by atoms with van der Waals surface area (Å²) in [6.45, 7) is -0.0643. The van der Waals surface area contributed by atoms with Gasteiger partial charge in [0.25, 0.3) is 0 Å². The van der Waals surface area contributed by atoms with Crippen LogP contribution in [0.4, 0.5) is 13.2 Å². The van der Waals surface area contributed by atoms with Gasteiger partial charge >= 0.3 is 12.1 Å². The molecule has 1 heterocycles. The Morgan fingerprint density at radius 1 is 1.39 bits per heavy atom. The largest absolute Gasteiger partial charge is 0.480 e. The molecule has 0 amide bonds. The molecule has 1 aliphatic rings. The third kappa shape index (κ3) is 3.16. The van der Waals surface area contributed by atoms with Crippen LogP contribution >= 0.6 is 0 Å². The van der Waals surface area contributed by atoms with Crippen LogP contribution in [0.1, 0.15) is 24.0 Å². The van der Waals surface area contributed by atoms with Crippen molar-refractivity contribution >= 4 is 16.0 Å². The Kier molecular flexibility index (Phi) is 4.37. The van der Waals surface area contributed by atoms with E-state index in [9.17, 15) is 26.4 Å². The van der Waals surface area contributed by atoms with Crippen molar-refractivity contribution in [1.29, 1.82) is 5.26 Å². The molecule has 1 atom stereocenters. The van der Waals surface area contributed by atoms with E-state index in [1.165, 1.54) is 6.07 Å². The number of carbonyl (C=O) groups is 1. The molecule has 1 N–H and O–H groups in total. The van der Waals surface area contributed by atoms with Crippen LogP contribution in [0.2, 0.25) is 0 Å². The monoisotopic (exact) mass is 348 g/mol. The number of carboxylic acid groups (broad SMARTS) is 1. The van der Waals surface area contributed by atoms with E-state index in [0.717, 1.165) is 0 Å². The third-order valence-electron chi connectivity index (χ3n) is 3.50. The number of sulfonamides is 1. The van der Waals surface area contributed by atoms with Crippen molar-refractivity contribution in [1.82, 2.24) is 4.31 Å². The molecule has 0 spiro atoms. The molecular weight excluding hydrogens is 337 g/mol. The molecule has 1 fully saturated rings. The van der Waals surface area contributed by atoms with Gasteiger partial charge in [0, 0.05) is 6.54 Å². The lowest BCUT2D eigenvalue weighted by Crippen LogP contribution is -2.40. The first-order valence-corrected chi connectivity index (χ1v) is 7.89. The molecule has 0 saturated carbocycles. The fraction of sp³-hybridized carbons (Fsp3) is 0.385. The number of benzene rings is 1. The summed E-state index contributed by atoms with van der Waals surface area (Å²) in [6, 6.07) is 1.83. The topological polar surface area (TPSA) is 98.5 Å². The fourth-order valence-corrected chi connectivity index (χ4v) is 4.19. The summed E-state index contributed by atoms with van der Waals surface area (Å²) >= 11 is 0. The average molecular weight is 348 g/mol. The maximum absolute atomic E-state index is 12.7. The van der Waals surface area contributed by atoms with Crippen molar-refractivity contribution in [3.05, 3.63) is 29.3 Å². The summed E-state index contributed by atoms with van der Waals surface area (Å²) in [6.07, 6.45) is -4.29. The Balaban J connectivity index is 2.53. The van der Waals surface area contributed by atoms with Crippen LogP contribution in [-0.2, 0) is 21.0 Å². The molecule has 1 aromatic carbocycles. The molecule has 0 aliphatic carbocycles. The zero-order chi connectivity index (χ0) is 17.4. The van der Waals surface area contributed by atoms with Gasteiger partial charge in [0.2, 0.25) is 10.0 Å². The molecule has 23 heavy (non-hydrogen) atoms. The zero-order valence-corrected chi connectivity index (χ0v) is 12.4. The Morgan fingerprint density at radius 3 is 2.57 bits per heavy atom. The number of halogens is 3. The second-order valence-corrected chi connectivity index (χ2v) is 6.79. The molecule has 6 nitrogen and oxygen atoms in total. The molecule has 124 valence electrons. The van der Waals surface area contributed by atoms with E-state index in [2.05, 4.69) is 0 Å². The van der Waals surface area contributed by atoms with Gasteiger partial charge in [-0.05, 0) is 31.0 Å². The van der Waals surface area contributed by atoms with Crippen molar-refractivity contribution in [2.24, 2.45) is 0 Å². The number of alkyl halides is 3. The molecule has 0 aromatic heterocycles. The average Bonchev–Trinajstić information content (AvgIpc) is 2.96. The normalized spacial score (nSPS) is 19.5. The minimum Gasteiger partial charge on any atom is -0.480 e. The number of rotatable bonds is 3. The molecule has 1 aromatic rings. The zero-order valence-electron chi connectivity index (χ0n) is 11.5. The summed E-state index contributed by atoms with van der Waals surface area (Å²) in [4.78, 5) is 10.5. The molecule has 10 heteroatoms. The summed E-state index contributed by atoms with van der Waals surface area (Å²) in [5.41, 5.74) is -1.82. The Hall–Kier alpha value is -2.12. The third-order valence-corrected chi connectivity index (χ3v) is 5.47. The molecule has 1 saturated heterocycles. The van der Waals surface area contributed by atoms with Gasteiger partial charge in [-0.25, -0.2) is 8.42 Å². The van der Waals surface area contributed by atoms with Crippen molar-refractivity contribution in [2.75, 3.05) is 6.54 Å². The van der Waals surface area contributed by atoms with E-state index in [1.807, 2.05) is 0 Å². The van der Waals surface area contributed by atoms with Crippen molar-refractivity contribution in [3.8, 4) is 6.07 Å². The fourth-order valence-electron chi connectivity index (χ4n) is 2.42. The number of aliphatic carboxylic acids is 1. The van der Waals surface area contributed by atoms with E-state index < -0.39 is 44.2 Å². The smallest absolute Gasteiger partial charge is 0.416 e. The van der Waals surface area contributed by atoms with Gasteiger partial charge in [-0.15, -0.1) is 0 Å². The number of nitriles is 1. The second-order valence-electron chi connectivity index (χ2n) is 4.93. The van der Waals surface area contributed by atoms with E-state index in [1.54, 1.807) is 0 Å². The molecule has 0 radical (unpaired) electrons. The molecule has 0 unspecified atom stereocenters. The van der Waals surface area contributed by atoms with Crippen molar-refractivity contribution in [3.63, 3.8) is 0 Å². The maximum atomic E-state index is 12.7. The van der Waals surface area contributed by atoms with Gasteiger partial charge in [-0.2, -0.15) is 22.7 Å². The summed E-state index contributed by atoms with van der Waals surface area (Å²) in [7, 11) is -4.38. The standard InChI is InChI=1S/C13H11F3N2O4S/c14-13(15,16)9-3-4-11(8(6-9)7-17)23(21,22)18-5-1-2-10(18)12(19)20/h3-4,6,10H,1-2,5H2,(H,19,20)/t10-/m0/s1. The maximum Gasteiger partial charge on any atom is 0.416 e. The van der Waals surface area contributed by atoms with E-state index in [4.69, 9.17) is 10.4 Å². The van der Waals surface area contributed by atoms with Gasteiger partial charge in [-0.1, -0.05) is 0 Å². The van der Waals surface area contributed by atoms with E-state index in [0.29, 0.717) is 28.9 Å². The molecule has 0 bridgehead atoms. The van der Waals surface area contributed by atoms with Crippen LogP contribution in [0.3, 0.4) is 0 Å². The van der Waals surface area contributed by atoms with Gasteiger partial charge in [0.05, 0.1) is 11.1 Å². The van der Waals surface area contributed by atoms with Gasteiger partial charge in [-0.3, -0.25) is 4.79 Å². The lowest BCUT2D eigenvalue weighted by Gasteiger charge is -2.21. The Morgan fingerprint density at radius 2 is 2.04 bits per heavy atom. The molecular formula is C13H11F3N2O4S. The molecule has 2 rings (SSSR count). The lowest BCUT2D eigenvalue weighted by atomic mass is 10.1. The summed E-state index contributed by atoms with van der Waals surface area (Å²) in [5, 5.41) is 18.0. The summed E-state index contributed by atoms with van der Waals surface area (Å²) < 4.78 is 63.7. The number of nitrogens with zero attached hydrogens (tertiary/aromatic N) is 2. The van der Waals surface area contributed by atoms with Crippen LogP contribution in [0.15, 0.2) is 23.1 Å². The first kappa shape index (κ1) is 17.2. The van der Waals surface area contributed by atoms with Crippen LogP contribution in [0.5, 0.6) is 0 Å². The quantitative estimate of drug-likeness (QED) is 0.898. The Labute approximate surface area is 129 Å². The van der Waals surface area contributed by atoms with Crippen molar-refractivity contribution < 1.29 is 31.5 Å². The van der Waals surface area contributed by atoms with Crippen LogP contribution < -0.4 is 0 Å². The van der Waals surface area contributed by atoms with Crippen molar-refractivity contribution in [2.45, 2.75) is 30.0 Å². The van der Waals surface area contributed by atoms with Crippen LogP contribution in [0.25, 0.3) is 0 Å².